The number of hydrogen-bond acceptors (Lipinski definition) is 5. The monoisotopic (exact) mass is 329 g/mol. The zero-order chi connectivity index (χ0) is 17.5. The molecule has 0 aromatic heterocycles. The molecule has 0 saturated heterocycles. The van der Waals surface area contributed by atoms with E-state index >= 15 is 0 Å². The fraction of sp³-hybridized carbons (Fsp3) is 0.278. The molecule has 1 unspecified atom stereocenters. The molecule has 6 nitrogen and oxygen atoms in total. The molecule has 2 aliphatic heterocycles. The smallest absolute Gasteiger partial charge is 0.268 e. The predicted octanol–water partition coefficient (Wildman–Crippen LogP) is 2.36. The molecule has 0 fully saturated rings. The highest BCUT2D eigenvalue weighted by atomic mass is 16.7. The molecule has 2 aromatic carbocycles. The standard InChI is InChI=1S/C16H13NO5.C2H6/c1-17-11-5-3-2-4-9(11)16(20,15(17)19)10-6-13-14(7-12(10)18)22-8-21-13;1-2/h2-7,18,20H,8H2,1H3;1-2H3. The van der Waals surface area contributed by atoms with Crippen molar-refractivity contribution in [2.24, 2.45) is 0 Å². The van der Waals surface area contributed by atoms with E-state index in [4.69, 9.17) is 9.47 Å². The van der Waals surface area contributed by atoms with Gasteiger partial charge in [0.25, 0.3) is 5.91 Å². The Morgan fingerprint density at radius 1 is 1.08 bits per heavy atom. The molecule has 0 spiro atoms. The molecule has 24 heavy (non-hydrogen) atoms. The average Bonchev–Trinajstić information content (AvgIpc) is 3.14. The summed E-state index contributed by atoms with van der Waals surface area (Å²) < 4.78 is 10.5. The van der Waals surface area contributed by atoms with Gasteiger partial charge in [-0.15, -0.1) is 0 Å². The van der Waals surface area contributed by atoms with E-state index in [1.807, 2.05) is 13.8 Å². The van der Waals surface area contributed by atoms with Crippen molar-refractivity contribution in [1.82, 2.24) is 0 Å². The number of para-hydroxylation sites is 1. The Kier molecular flexibility index (Phi) is 3.85. The molecule has 0 bridgehead atoms. The van der Waals surface area contributed by atoms with E-state index in [0.717, 1.165) is 0 Å². The van der Waals surface area contributed by atoms with E-state index in [0.29, 0.717) is 22.7 Å². The van der Waals surface area contributed by atoms with Crippen LogP contribution in [0.2, 0.25) is 0 Å². The van der Waals surface area contributed by atoms with Gasteiger partial charge >= 0.3 is 0 Å². The number of likely N-dealkylation sites (N-methyl/N-ethyl adjacent to an activating group) is 1. The topological polar surface area (TPSA) is 79.2 Å². The van der Waals surface area contributed by atoms with Gasteiger partial charge in [0.2, 0.25) is 12.4 Å². The number of anilines is 1. The van der Waals surface area contributed by atoms with E-state index < -0.39 is 11.5 Å². The minimum atomic E-state index is -1.95. The maximum atomic E-state index is 12.6. The highest BCUT2D eigenvalue weighted by molar-refractivity contribution is 6.09. The summed E-state index contributed by atoms with van der Waals surface area (Å²) in [5.41, 5.74) is -0.835. The van der Waals surface area contributed by atoms with Gasteiger partial charge in [-0.25, -0.2) is 0 Å². The van der Waals surface area contributed by atoms with Crippen molar-refractivity contribution < 1.29 is 24.5 Å². The van der Waals surface area contributed by atoms with Crippen molar-refractivity contribution in [3.8, 4) is 17.2 Å². The molecule has 1 atom stereocenters. The minimum absolute atomic E-state index is 0.0427. The number of aliphatic hydroxyl groups is 1. The molecule has 2 aromatic rings. The molecule has 6 heteroatoms. The van der Waals surface area contributed by atoms with Crippen molar-refractivity contribution in [3.63, 3.8) is 0 Å². The van der Waals surface area contributed by atoms with Crippen LogP contribution >= 0.6 is 0 Å². The Hall–Kier alpha value is -2.73. The number of carbonyl (C=O) groups excluding carboxylic acids is 1. The fourth-order valence-electron chi connectivity index (χ4n) is 3.02. The molecule has 126 valence electrons. The number of amides is 1. The predicted molar refractivity (Wildman–Crippen MR) is 88.4 cm³/mol. The van der Waals surface area contributed by atoms with Crippen molar-refractivity contribution in [1.29, 1.82) is 0 Å². The molecule has 4 rings (SSSR count). The second-order valence-corrected chi connectivity index (χ2v) is 5.31. The zero-order valence-electron chi connectivity index (χ0n) is 13.7. The fourth-order valence-corrected chi connectivity index (χ4v) is 3.02. The molecule has 0 radical (unpaired) electrons. The second kappa shape index (κ2) is 5.72. The SMILES string of the molecule is CC.CN1C(=O)C(O)(c2cc3c(cc2O)OCO3)c2ccccc21. The average molecular weight is 329 g/mol. The van der Waals surface area contributed by atoms with Crippen LogP contribution in [0.3, 0.4) is 0 Å². The molecule has 2 aliphatic rings. The Labute approximate surface area is 139 Å². The van der Waals surface area contributed by atoms with Crippen LogP contribution < -0.4 is 14.4 Å². The Balaban J connectivity index is 0.000000815. The van der Waals surface area contributed by atoms with Gasteiger partial charge in [-0.3, -0.25) is 4.79 Å². The number of ether oxygens (including phenoxy) is 2. The summed E-state index contributed by atoms with van der Waals surface area (Å²) >= 11 is 0. The highest BCUT2D eigenvalue weighted by Gasteiger charge is 2.51. The van der Waals surface area contributed by atoms with E-state index in [-0.39, 0.29) is 18.1 Å². The van der Waals surface area contributed by atoms with Gasteiger partial charge in [0.05, 0.1) is 5.69 Å². The van der Waals surface area contributed by atoms with Crippen LogP contribution in [0.5, 0.6) is 17.2 Å². The molecular weight excluding hydrogens is 310 g/mol. The third-order valence-corrected chi connectivity index (χ3v) is 4.15. The van der Waals surface area contributed by atoms with Crippen LogP contribution in [0.25, 0.3) is 0 Å². The lowest BCUT2D eigenvalue weighted by molar-refractivity contribution is -0.132. The van der Waals surface area contributed by atoms with Crippen molar-refractivity contribution in [2.75, 3.05) is 18.7 Å². The van der Waals surface area contributed by atoms with Crippen LogP contribution in [-0.4, -0.2) is 30.0 Å². The van der Waals surface area contributed by atoms with Crippen LogP contribution in [0.1, 0.15) is 25.0 Å². The number of phenolic OH excluding ortho intramolecular Hbond substituents is 1. The van der Waals surface area contributed by atoms with Crippen LogP contribution in [0.15, 0.2) is 36.4 Å². The number of phenols is 1. The maximum Gasteiger partial charge on any atom is 0.268 e. The van der Waals surface area contributed by atoms with Crippen LogP contribution in [-0.2, 0) is 10.4 Å². The summed E-state index contributed by atoms with van der Waals surface area (Å²) in [5, 5.41) is 21.4. The molecule has 0 aliphatic carbocycles. The number of carbonyl (C=O) groups is 1. The summed E-state index contributed by atoms with van der Waals surface area (Å²) in [6.07, 6.45) is 0. The first-order valence-electron chi connectivity index (χ1n) is 7.76. The van der Waals surface area contributed by atoms with E-state index in [2.05, 4.69) is 0 Å². The first kappa shape index (κ1) is 16.1. The lowest BCUT2D eigenvalue weighted by atomic mass is 9.86. The summed E-state index contributed by atoms with van der Waals surface area (Å²) in [6, 6.07) is 9.74. The van der Waals surface area contributed by atoms with Gasteiger partial charge in [-0.1, -0.05) is 32.0 Å². The van der Waals surface area contributed by atoms with Crippen molar-refractivity contribution >= 4 is 11.6 Å². The van der Waals surface area contributed by atoms with E-state index in [1.165, 1.54) is 17.0 Å². The first-order chi connectivity index (χ1) is 11.5. The number of nitrogens with zero attached hydrogens (tertiary/aromatic N) is 1. The van der Waals surface area contributed by atoms with Gasteiger partial charge in [-0.2, -0.15) is 0 Å². The number of hydrogen-bond donors (Lipinski definition) is 2. The first-order valence-corrected chi connectivity index (χ1v) is 7.76. The number of benzene rings is 2. The van der Waals surface area contributed by atoms with Crippen LogP contribution in [0.4, 0.5) is 5.69 Å². The third-order valence-electron chi connectivity index (χ3n) is 4.15. The molecule has 1 amide bonds. The molecular formula is C18H19NO5. The summed E-state index contributed by atoms with van der Waals surface area (Å²) in [6.45, 7) is 4.04. The normalized spacial score (nSPS) is 20.5. The van der Waals surface area contributed by atoms with Crippen molar-refractivity contribution in [2.45, 2.75) is 19.4 Å². The number of rotatable bonds is 1. The molecule has 2 heterocycles. The molecule has 0 saturated carbocycles. The Morgan fingerprint density at radius 3 is 2.42 bits per heavy atom. The van der Waals surface area contributed by atoms with E-state index in [1.54, 1.807) is 31.3 Å². The lowest BCUT2D eigenvalue weighted by Crippen LogP contribution is -2.39. The summed E-state index contributed by atoms with van der Waals surface area (Å²) in [7, 11) is 1.59. The summed E-state index contributed by atoms with van der Waals surface area (Å²) in [4.78, 5) is 14.0. The van der Waals surface area contributed by atoms with Crippen molar-refractivity contribution in [3.05, 3.63) is 47.5 Å². The third kappa shape index (κ3) is 2.03. The quantitative estimate of drug-likeness (QED) is 0.840. The van der Waals surface area contributed by atoms with Gasteiger partial charge in [-0.05, 0) is 12.1 Å². The zero-order valence-corrected chi connectivity index (χ0v) is 13.7. The maximum absolute atomic E-state index is 12.6. The van der Waals surface area contributed by atoms with Gasteiger partial charge in [0.15, 0.2) is 11.5 Å². The van der Waals surface area contributed by atoms with Crippen LogP contribution in [0, 0.1) is 0 Å². The second-order valence-electron chi connectivity index (χ2n) is 5.31. The van der Waals surface area contributed by atoms with Gasteiger partial charge in [0.1, 0.15) is 5.75 Å². The van der Waals surface area contributed by atoms with Gasteiger partial charge < -0.3 is 24.6 Å². The van der Waals surface area contributed by atoms with E-state index in [9.17, 15) is 15.0 Å². The number of aromatic hydroxyl groups is 1. The summed E-state index contributed by atoms with van der Waals surface area (Å²) in [5.74, 6) is 0.0334. The van der Waals surface area contributed by atoms with Gasteiger partial charge in [0, 0.05) is 24.2 Å². The number of fused-ring (bicyclic) bond motifs is 2. The Bertz CT molecular complexity index is 804. The largest absolute Gasteiger partial charge is 0.507 e. The Morgan fingerprint density at radius 2 is 1.71 bits per heavy atom. The highest BCUT2D eigenvalue weighted by Crippen LogP contribution is 2.49. The minimum Gasteiger partial charge on any atom is -0.507 e. The lowest BCUT2D eigenvalue weighted by Gasteiger charge is -2.23. The molecule has 2 N–H and O–H groups in total.